The van der Waals surface area contributed by atoms with Gasteiger partial charge in [0.15, 0.2) is 0 Å². The highest BCUT2D eigenvalue weighted by molar-refractivity contribution is 7.92. The number of sulfonamides is 1. The zero-order valence-electron chi connectivity index (χ0n) is 17.4. The maximum absolute atomic E-state index is 12.9. The van der Waals surface area contributed by atoms with Gasteiger partial charge in [-0.25, -0.2) is 8.42 Å². The van der Waals surface area contributed by atoms with Gasteiger partial charge in [-0.05, 0) is 48.9 Å². The maximum atomic E-state index is 12.9. The monoisotopic (exact) mass is 442 g/mol. The summed E-state index contributed by atoms with van der Waals surface area (Å²) >= 11 is 0. The molecule has 32 heavy (non-hydrogen) atoms. The van der Waals surface area contributed by atoms with Gasteiger partial charge in [0.25, 0.3) is 15.9 Å². The molecule has 0 fully saturated rings. The number of aryl methyl sites for hydroxylation is 1. The Hall–Kier alpha value is -3.90. The van der Waals surface area contributed by atoms with Gasteiger partial charge >= 0.3 is 0 Å². The molecule has 6 heteroatoms. The molecule has 2 N–H and O–H groups in total. The molecule has 0 radical (unpaired) electrons. The number of anilines is 2. The molecular weight excluding hydrogens is 420 g/mol. The molecule has 0 saturated heterocycles. The molecule has 0 saturated carbocycles. The summed E-state index contributed by atoms with van der Waals surface area (Å²) < 4.78 is 28.2. The van der Waals surface area contributed by atoms with Gasteiger partial charge in [0.2, 0.25) is 0 Å². The lowest BCUT2D eigenvalue weighted by molar-refractivity contribution is 0.102. The van der Waals surface area contributed by atoms with E-state index in [1.54, 1.807) is 24.3 Å². The van der Waals surface area contributed by atoms with Crippen LogP contribution in [-0.4, -0.2) is 14.3 Å². The summed E-state index contributed by atoms with van der Waals surface area (Å²) in [6.45, 7) is 1.93. The maximum Gasteiger partial charge on any atom is 0.261 e. The topological polar surface area (TPSA) is 75.3 Å². The molecule has 0 aliphatic heterocycles. The highest BCUT2D eigenvalue weighted by atomic mass is 32.2. The van der Waals surface area contributed by atoms with Gasteiger partial charge in [0, 0.05) is 22.5 Å². The van der Waals surface area contributed by atoms with Crippen LogP contribution in [0.1, 0.15) is 15.9 Å². The van der Waals surface area contributed by atoms with Crippen LogP contribution in [0.4, 0.5) is 11.4 Å². The largest absolute Gasteiger partial charge is 0.321 e. The van der Waals surface area contributed by atoms with Crippen molar-refractivity contribution in [3.63, 3.8) is 0 Å². The van der Waals surface area contributed by atoms with Crippen molar-refractivity contribution in [2.24, 2.45) is 0 Å². The first kappa shape index (κ1) is 21.3. The fourth-order valence-electron chi connectivity index (χ4n) is 3.30. The van der Waals surface area contributed by atoms with E-state index >= 15 is 0 Å². The van der Waals surface area contributed by atoms with Crippen LogP contribution in [0.15, 0.2) is 108 Å². The van der Waals surface area contributed by atoms with Gasteiger partial charge in [-0.2, -0.15) is 0 Å². The van der Waals surface area contributed by atoms with E-state index in [-0.39, 0.29) is 16.4 Å². The van der Waals surface area contributed by atoms with E-state index in [4.69, 9.17) is 0 Å². The Labute approximate surface area is 187 Å². The molecule has 4 rings (SSSR count). The van der Waals surface area contributed by atoms with E-state index in [2.05, 4.69) is 10.0 Å². The summed E-state index contributed by atoms with van der Waals surface area (Å²) in [5.41, 5.74) is 4.24. The van der Waals surface area contributed by atoms with Crippen LogP contribution in [0.3, 0.4) is 0 Å². The summed E-state index contributed by atoms with van der Waals surface area (Å²) in [5, 5.41) is 2.91. The molecule has 0 aliphatic carbocycles. The summed E-state index contributed by atoms with van der Waals surface area (Å²) in [5.74, 6) is -0.388. The van der Waals surface area contributed by atoms with Gasteiger partial charge in [-0.1, -0.05) is 72.3 Å². The average molecular weight is 443 g/mol. The third kappa shape index (κ3) is 4.87. The Kier molecular flexibility index (Phi) is 6.05. The molecule has 4 aromatic rings. The highest BCUT2D eigenvalue weighted by Gasteiger charge is 2.17. The predicted octanol–water partition coefficient (Wildman–Crippen LogP) is 5.72. The number of hydrogen-bond donors (Lipinski definition) is 2. The van der Waals surface area contributed by atoms with E-state index < -0.39 is 10.0 Å². The number of para-hydroxylation sites is 1. The Morgan fingerprint density at radius 2 is 1.44 bits per heavy atom. The van der Waals surface area contributed by atoms with Crippen LogP contribution in [0.25, 0.3) is 11.1 Å². The van der Waals surface area contributed by atoms with Crippen LogP contribution in [0.5, 0.6) is 0 Å². The summed E-state index contributed by atoms with van der Waals surface area (Å²) in [7, 11) is -3.84. The smallest absolute Gasteiger partial charge is 0.261 e. The van der Waals surface area contributed by atoms with Crippen molar-refractivity contribution in [1.82, 2.24) is 0 Å². The van der Waals surface area contributed by atoms with E-state index in [0.29, 0.717) is 11.4 Å². The van der Waals surface area contributed by atoms with Crippen molar-refractivity contribution < 1.29 is 13.2 Å². The second-order valence-electron chi connectivity index (χ2n) is 7.37. The fourth-order valence-corrected chi connectivity index (χ4v) is 4.40. The van der Waals surface area contributed by atoms with Crippen LogP contribution < -0.4 is 10.0 Å². The molecular formula is C26H22N2O3S. The van der Waals surface area contributed by atoms with E-state index in [1.165, 1.54) is 12.1 Å². The Balaban J connectivity index is 1.58. The predicted molar refractivity (Wildman–Crippen MR) is 128 cm³/mol. The molecule has 0 aromatic heterocycles. The lowest BCUT2D eigenvalue weighted by atomic mass is 10.0. The van der Waals surface area contributed by atoms with E-state index in [9.17, 15) is 13.2 Å². The number of rotatable bonds is 6. The van der Waals surface area contributed by atoms with Crippen molar-refractivity contribution in [3.8, 4) is 11.1 Å². The SMILES string of the molecule is Cc1ccc(NS(=O)(=O)c2cccc(C(=O)Nc3ccccc3-c3ccccc3)c2)cc1. The molecule has 0 bridgehead atoms. The van der Waals surface area contributed by atoms with Gasteiger partial charge in [-0.15, -0.1) is 0 Å². The zero-order chi connectivity index (χ0) is 22.6. The van der Waals surface area contributed by atoms with Crippen LogP contribution in [-0.2, 0) is 10.0 Å². The van der Waals surface area contributed by atoms with Crippen molar-refractivity contribution >= 4 is 27.3 Å². The summed E-state index contributed by atoms with van der Waals surface area (Å²) in [6.07, 6.45) is 0. The molecule has 0 spiro atoms. The zero-order valence-corrected chi connectivity index (χ0v) is 18.3. The molecule has 1 amide bonds. The van der Waals surface area contributed by atoms with Gasteiger partial charge in [0.05, 0.1) is 4.90 Å². The number of amides is 1. The first-order valence-electron chi connectivity index (χ1n) is 10.1. The van der Waals surface area contributed by atoms with E-state index in [0.717, 1.165) is 16.7 Å². The minimum absolute atomic E-state index is 0.0158. The lowest BCUT2D eigenvalue weighted by Crippen LogP contribution is -2.16. The van der Waals surface area contributed by atoms with Crippen molar-refractivity contribution in [3.05, 3.63) is 114 Å². The van der Waals surface area contributed by atoms with Gasteiger partial charge in [-0.3, -0.25) is 9.52 Å². The molecule has 160 valence electrons. The lowest BCUT2D eigenvalue weighted by Gasteiger charge is -2.12. The quantitative estimate of drug-likeness (QED) is 0.401. The average Bonchev–Trinajstić information content (AvgIpc) is 2.81. The number of benzene rings is 4. The van der Waals surface area contributed by atoms with Crippen LogP contribution in [0.2, 0.25) is 0 Å². The summed E-state index contributed by atoms with van der Waals surface area (Å²) in [4.78, 5) is 13.0. The molecule has 0 aliphatic rings. The van der Waals surface area contributed by atoms with Crippen LogP contribution in [0, 0.1) is 6.92 Å². The van der Waals surface area contributed by atoms with Crippen molar-refractivity contribution in [2.75, 3.05) is 10.0 Å². The van der Waals surface area contributed by atoms with Crippen molar-refractivity contribution in [1.29, 1.82) is 0 Å². The van der Waals surface area contributed by atoms with E-state index in [1.807, 2.05) is 73.7 Å². The third-order valence-electron chi connectivity index (χ3n) is 4.97. The van der Waals surface area contributed by atoms with Gasteiger partial charge < -0.3 is 5.32 Å². The number of nitrogens with one attached hydrogen (secondary N) is 2. The number of hydrogen-bond acceptors (Lipinski definition) is 3. The Morgan fingerprint density at radius 1 is 0.750 bits per heavy atom. The molecule has 0 heterocycles. The summed E-state index contributed by atoms with van der Waals surface area (Å²) in [6, 6.07) is 30.3. The molecule has 4 aromatic carbocycles. The second kappa shape index (κ2) is 9.08. The number of carbonyl (C=O) groups is 1. The Morgan fingerprint density at radius 3 is 2.19 bits per heavy atom. The standard InChI is InChI=1S/C26H22N2O3S/c1-19-14-16-22(17-15-19)28-32(30,31)23-11-7-10-21(18-23)26(29)27-25-13-6-5-12-24(25)20-8-3-2-4-9-20/h2-18,28H,1H3,(H,27,29). The minimum Gasteiger partial charge on any atom is -0.321 e. The molecule has 0 unspecified atom stereocenters. The normalized spacial score (nSPS) is 11.0. The molecule has 5 nitrogen and oxygen atoms in total. The molecule has 0 atom stereocenters. The third-order valence-corrected chi connectivity index (χ3v) is 6.35. The van der Waals surface area contributed by atoms with Crippen LogP contribution >= 0.6 is 0 Å². The minimum atomic E-state index is -3.84. The fraction of sp³-hybridized carbons (Fsp3) is 0.0385. The first-order chi connectivity index (χ1) is 15.4. The Bertz CT molecular complexity index is 1350. The van der Waals surface area contributed by atoms with Crippen molar-refractivity contribution in [2.45, 2.75) is 11.8 Å². The first-order valence-corrected chi connectivity index (χ1v) is 11.6. The highest BCUT2D eigenvalue weighted by Crippen LogP contribution is 2.28. The van der Waals surface area contributed by atoms with Gasteiger partial charge in [0.1, 0.15) is 0 Å². The second-order valence-corrected chi connectivity index (χ2v) is 9.05. The number of carbonyl (C=O) groups excluding carboxylic acids is 1.